The summed E-state index contributed by atoms with van der Waals surface area (Å²) in [5.74, 6) is 0.837. The molecule has 0 aliphatic heterocycles. The molecule has 0 spiro atoms. The van der Waals surface area contributed by atoms with Crippen molar-refractivity contribution in [2.45, 2.75) is 45.6 Å². The zero-order chi connectivity index (χ0) is 10.7. The van der Waals surface area contributed by atoms with Gasteiger partial charge in [0.15, 0.2) is 0 Å². The highest BCUT2D eigenvalue weighted by molar-refractivity contribution is 7.09. The van der Waals surface area contributed by atoms with Crippen LogP contribution in [0.15, 0.2) is 5.51 Å². The molecule has 1 heterocycles. The maximum Gasteiger partial charge on any atom is 0.0798 e. The van der Waals surface area contributed by atoms with Crippen molar-refractivity contribution in [1.82, 2.24) is 10.3 Å². The van der Waals surface area contributed by atoms with Crippen LogP contribution in [0.5, 0.6) is 0 Å². The van der Waals surface area contributed by atoms with E-state index in [-0.39, 0.29) is 0 Å². The van der Waals surface area contributed by atoms with Gasteiger partial charge in [-0.2, -0.15) is 0 Å². The van der Waals surface area contributed by atoms with Crippen molar-refractivity contribution in [2.75, 3.05) is 6.54 Å². The standard InChI is InChI=1S/C12H20N2S/c1-3-13-11(10-6-4-5-7-10)12-9(2)14-8-15-12/h8,10-11,13H,3-7H2,1-2H3. The molecule has 1 aromatic heterocycles. The van der Waals surface area contributed by atoms with Crippen LogP contribution in [0.1, 0.15) is 49.2 Å². The summed E-state index contributed by atoms with van der Waals surface area (Å²) in [6.07, 6.45) is 5.58. The molecule has 1 aliphatic carbocycles. The van der Waals surface area contributed by atoms with Crippen LogP contribution in [0.25, 0.3) is 0 Å². The molecule has 1 aromatic rings. The molecule has 2 rings (SSSR count). The highest BCUT2D eigenvalue weighted by Gasteiger charge is 2.27. The Hall–Kier alpha value is -0.410. The molecule has 1 aliphatic rings. The molecule has 0 radical (unpaired) electrons. The predicted molar refractivity (Wildman–Crippen MR) is 65.2 cm³/mol. The largest absolute Gasteiger partial charge is 0.309 e. The highest BCUT2D eigenvalue weighted by atomic mass is 32.1. The van der Waals surface area contributed by atoms with Gasteiger partial charge in [-0.25, -0.2) is 4.98 Å². The lowest BCUT2D eigenvalue weighted by molar-refractivity contribution is 0.378. The maximum atomic E-state index is 4.37. The Balaban J connectivity index is 2.15. The number of nitrogens with zero attached hydrogens (tertiary/aromatic N) is 1. The molecule has 1 saturated carbocycles. The molecule has 0 bridgehead atoms. The quantitative estimate of drug-likeness (QED) is 0.849. The lowest BCUT2D eigenvalue weighted by Crippen LogP contribution is -2.26. The number of nitrogens with one attached hydrogen (secondary N) is 1. The summed E-state index contributed by atoms with van der Waals surface area (Å²) in [7, 11) is 0. The van der Waals surface area contributed by atoms with E-state index in [0.29, 0.717) is 6.04 Å². The Kier molecular flexibility index (Phi) is 3.76. The van der Waals surface area contributed by atoms with Gasteiger partial charge < -0.3 is 5.32 Å². The molecule has 84 valence electrons. The first kappa shape index (κ1) is 11.1. The summed E-state index contributed by atoms with van der Waals surface area (Å²) in [6.45, 7) is 5.38. The van der Waals surface area contributed by atoms with E-state index in [0.717, 1.165) is 12.5 Å². The van der Waals surface area contributed by atoms with Gasteiger partial charge in [0.2, 0.25) is 0 Å². The fourth-order valence-corrected chi connectivity index (χ4v) is 3.56. The van der Waals surface area contributed by atoms with Gasteiger partial charge in [0.25, 0.3) is 0 Å². The second kappa shape index (κ2) is 5.08. The van der Waals surface area contributed by atoms with Crippen molar-refractivity contribution >= 4 is 11.3 Å². The Labute approximate surface area is 96.1 Å². The minimum absolute atomic E-state index is 0.560. The normalized spacial score (nSPS) is 19.6. The lowest BCUT2D eigenvalue weighted by Gasteiger charge is -2.23. The summed E-state index contributed by atoms with van der Waals surface area (Å²) in [5.41, 5.74) is 3.20. The van der Waals surface area contributed by atoms with Gasteiger partial charge >= 0.3 is 0 Å². The topological polar surface area (TPSA) is 24.9 Å². The fourth-order valence-electron chi connectivity index (χ4n) is 2.59. The van der Waals surface area contributed by atoms with Crippen LogP contribution in [0.4, 0.5) is 0 Å². The van der Waals surface area contributed by atoms with Crippen LogP contribution in [0.3, 0.4) is 0 Å². The van der Waals surface area contributed by atoms with E-state index in [1.54, 1.807) is 0 Å². The number of aromatic nitrogens is 1. The van der Waals surface area contributed by atoms with Crippen LogP contribution in [0.2, 0.25) is 0 Å². The van der Waals surface area contributed by atoms with Gasteiger partial charge in [0.05, 0.1) is 11.2 Å². The molecule has 0 amide bonds. The van der Waals surface area contributed by atoms with Crippen LogP contribution < -0.4 is 5.32 Å². The van der Waals surface area contributed by atoms with Crippen molar-refractivity contribution in [3.8, 4) is 0 Å². The minimum Gasteiger partial charge on any atom is -0.309 e. The molecule has 1 atom stereocenters. The Morgan fingerprint density at radius 1 is 1.53 bits per heavy atom. The molecular weight excluding hydrogens is 204 g/mol. The Morgan fingerprint density at radius 3 is 2.80 bits per heavy atom. The van der Waals surface area contributed by atoms with E-state index in [9.17, 15) is 0 Å². The molecule has 0 saturated heterocycles. The van der Waals surface area contributed by atoms with Crippen molar-refractivity contribution in [2.24, 2.45) is 5.92 Å². The summed E-state index contributed by atoms with van der Waals surface area (Å²) in [6, 6.07) is 0.560. The summed E-state index contributed by atoms with van der Waals surface area (Å²) in [4.78, 5) is 5.83. The zero-order valence-corrected chi connectivity index (χ0v) is 10.4. The average molecular weight is 224 g/mol. The van der Waals surface area contributed by atoms with Gasteiger partial charge in [0, 0.05) is 10.9 Å². The van der Waals surface area contributed by atoms with Gasteiger partial charge in [0.1, 0.15) is 0 Å². The van der Waals surface area contributed by atoms with E-state index in [1.165, 1.54) is 36.3 Å². The first-order valence-electron chi connectivity index (χ1n) is 5.96. The highest BCUT2D eigenvalue weighted by Crippen LogP contribution is 2.37. The van der Waals surface area contributed by atoms with Crippen LogP contribution in [0, 0.1) is 12.8 Å². The van der Waals surface area contributed by atoms with Crippen LogP contribution in [-0.2, 0) is 0 Å². The second-order valence-electron chi connectivity index (χ2n) is 4.38. The average Bonchev–Trinajstić information content (AvgIpc) is 2.85. The van der Waals surface area contributed by atoms with E-state index in [1.807, 2.05) is 16.8 Å². The van der Waals surface area contributed by atoms with E-state index in [2.05, 4.69) is 24.1 Å². The smallest absolute Gasteiger partial charge is 0.0798 e. The Morgan fingerprint density at radius 2 is 2.27 bits per heavy atom. The second-order valence-corrected chi connectivity index (χ2v) is 5.27. The van der Waals surface area contributed by atoms with E-state index in [4.69, 9.17) is 0 Å². The van der Waals surface area contributed by atoms with Gasteiger partial charge in [-0.1, -0.05) is 19.8 Å². The van der Waals surface area contributed by atoms with Gasteiger partial charge in [-0.05, 0) is 32.2 Å². The molecule has 1 N–H and O–H groups in total. The molecule has 1 fully saturated rings. The number of rotatable bonds is 4. The monoisotopic (exact) mass is 224 g/mol. The summed E-state index contributed by atoms with van der Waals surface area (Å²) >= 11 is 1.81. The molecule has 2 nitrogen and oxygen atoms in total. The third kappa shape index (κ3) is 2.40. The maximum absolute atomic E-state index is 4.37. The third-order valence-corrected chi connectivity index (χ3v) is 4.37. The first-order chi connectivity index (χ1) is 7.33. The van der Waals surface area contributed by atoms with E-state index >= 15 is 0 Å². The minimum atomic E-state index is 0.560. The number of aryl methyl sites for hydroxylation is 1. The lowest BCUT2D eigenvalue weighted by atomic mass is 9.96. The molecular formula is C12H20N2S. The number of hydrogen-bond donors (Lipinski definition) is 1. The van der Waals surface area contributed by atoms with Crippen molar-refractivity contribution in [3.05, 3.63) is 16.1 Å². The van der Waals surface area contributed by atoms with Crippen LogP contribution >= 0.6 is 11.3 Å². The van der Waals surface area contributed by atoms with Gasteiger partial charge in [-0.3, -0.25) is 0 Å². The Bertz CT molecular complexity index is 302. The first-order valence-corrected chi connectivity index (χ1v) is 6.84. The number of hydrogen-bond acceptors (Lipinski definition) is 3. The third-order valence-electron chi connectivity index (χ3n) is 3.36. The van der Waals surface area contributed by atoms with Crippen molar-refractivity contribution in [3.63, 3.8) is 0 Å². The zero-order valence-electron chi connectivity index (χ0n) is 9.62. The fraction of sp³-hybridized carbons (Fsp3) is 0.750. The number of thiazole rings is 1. The van der Waals surface area contributed by atoms with Crippen molar-refractivity contribution < 1.29 is 0 Å². The summed E-state index contributed by atoms with van der Waals surface area (Å²) < 4.78 is 0. The van der Waals surface area contributed by atoms with Crippen molar-refractivity contribution in [1.29, 1.82) is 0 Å². The molecule has 3 heteroatoms. The predicted octanol–water partition coefficient (Wildman–Crippen LogP) is 3.29. The van der Waals surface area contributed by atoms with Gasteiger partial charge in [-0.15, -0.1) is 11.3 Å². The molecule has 15 heavy (non-hydrogen) atoms. The van der Waals surface area contributed by atoms with E-state index < -0.39 is 0 Å². The SMILES string of the molecule is CCNC(c1scnc1C)C1CCCC1. The molecule has 1 unspecified atom stereocenters. The molecule has 0 aromatic carbocycles. The van der Waals surface area contributed by atoms with Crippen LogP contribution in [-0.4, -0.2) is 11.5 Å². The summed E-state index contributed by atoms with van der Waals surface area (Å²) in [5, 5.41) is 3.64.